The minimum atomic E-state index is -0.114. The second-order valence-corrected chi connectivity index (χ2v) is 7.51. The fraction of sp³-hybridized carbons (Fsp3) is 0.318. The Hall–Kier alpha value is -3.55. The fourth-order valence-corrected chi connectivity index (χ4v) is 3.58. The highest BCUT2D eigenvalue weighted by Gasteiger charge is 2.24. The van der Waals surface area contributed by atoms with Crippen molar-refractivity contribution in [3.63, 3.8) is 0 Å². The molecule has 1 aromatic carbocycles. The molecule has 3 aromatic rings. The van der Waals surface area contributed by atoms with Gasteiger partial charge in [0, 0.05) is 50.8 Å². The molecule has 1 fully saturated rings. The van der Waals surface area contributed by atoms with E-state index < -0.39 is 0 Å². The van der Waals surface area contributed by atoms with Crippen molar-refractivity contribution in [1.29, 1.82) is 0 Å². The molecule has 1 N–H and O–H groups in total. The first-order valence-corrected chi connectivity index (χ1v) is 10.0. The number of nitrogens with zero attached hydrogens (tertiary/aromatic N) is 5. The number of amides is 2. The average molecular weight is 404 g/mol. The Morgan fingerprint density at radius 3 is 2.37 bits per heavy atom. The molecule has 0 saturated carbocycles. The number of hydrogen-bond acceptors (Lipinski definition) is 5. The van der Waals surface area contributed by atoms with Crippen LogP contribution in [0.2, 0.25) is 0 Å². The number of rotatable bonds is 5. The normalized spacial score (nSPS) is 14.5. The van der Waals surface area contributed by atoms with Gasteiger partial charge in [-0.25, -0.2) is 9.97 Å². The Balaban J connectivity index is 1.27. The lowest BCUT2D eigenvalue weighted by atomic mass is 9.96. The fourth-order valence-electron chi connectivity index (χ4n) is 3.58. The molecule has 154 valence electrons. The molecule has 0 spiro atoms. The monoisotopic (exact) mass is 404 g/mol. The van der Waals surface area contributed by atoms with Crippen LogP contribution in [0.1, 0.15) is 33.6 Å². The Morgan fingerprint density at radius 2 is 1.73 bits per heavy atom. The van der Waals surface area contributed by atoms with Gasteiger partial charge in [0.1, 0.15) is 0 Å². The summed E-state index contributed by atoms with van der Waals surface area (Å²) in [5, 5.41) is 6.98. The van der Waals surface area contributed by atoms with Gasteiger partial charge in [0.05, 0.1) is 17.3 Å². The zero-order chi connectivity index (χ0) is 20.9. The van der Waals surface area contributed by atoms with Gasteiger partial charge in [-0.2, -0.15) is 5.10 Å². The summed E-state index contributed by atoms with van der Waals surface area (Å²) in [5.74, 6) is 0.798. The molecule has 0 radical (unpaired) electrons. The third-order valence-corrected chi connectivity index (χ3v) is 5.35. The largest absolute Gasteiger partial charge is 0.352 e. The molecule has 3 heterocycles. The third kappa shape index (κ3) is 4.53. The van der Waals surface area contributed by atoms with Gasteiger partial charge in [-0.1, -0.05) is 30.3 Å². The minimum Gasteiger partial charge on any atom is -0.352 e. The summed E-state index contributed by atoms with van der Waals surface area (Å²) in [7, 11) is 1.78. The van der Waals surface area contributed by atoms with Gasteiger partial charge in [-0.05, 0) is 18.8 Å². The van der Waals surface area contributed by atoms with Crippen molar-refractivity contribution in [3.8, 4) is 11.4 Å². The van der Waals surface area contributed by atoms with Gasteiger partial charge in [0.2, 0.25) is 0 Å². The topological polar surface area (TPSA) is 93.0 Å². The molecule has 0 bridgehead atoms. The molecular formula is C22H24N6O2. The van der Waals surface area contributed by atoms with E-state index in [2.05, 4.69) is 20.4 Å². The summed E-state index contributed by atoms with van der Waals surface area (Å²) >= 11 is 0. The lowest BCUT2D eigenvalue weighted by Crippen LogP contribution is -2.41. The number of likely N-dealkylation sites (tertiary alicyclic amines) is 1. The van der Waals surface area contributed by atoms with Crippen molar-refractivity contribution in [1.82, 2.24) is 30.0 Å². The third-order valence-electron chi connectivity index (χ3n) is 5.35. The van der Waals surface area contributed by atoms with E-state index in [1.807, 2.05) is 35.2 Å². The van der Waals surface area contributed by atoms with Gasteiger partial charge < -0.3 is 10.2 Å². The smallest absolute Gasteiger partial charge is 0.256 e. The molecule has 2 aromatic heterocycles. The average Bonchev–Trinajstić information content (AvgIpc) is 3.24. The number of hydrogen-bond donors (Lipinski definition) is 1. The van der Waals surface area contributed by atoms with E-state index in [0.29, 0.717) is 42.5 Å². The van der Waals surface area contributed by atoms with Gasteiger partial charge in [0.15, 0.2) is 5.82 Å². The maximum Gasteiger partial charge on any atom is 0.256 e. The number of piperidine rings is 1. The molecule has 2 amide bonds. The first-order chi connectivity index (χ1) is 14.6. The number of nitrogens with one attached hydrogen (secondary N) is 1. The maximum atomic E-state index is 12.8. The molecule has 8 nitrogen and oxygen atoms in total. The summed E-state index contributed by atoms with van der Waals surface area (Å²) in [6, 6.07) is 9.68. The lowest BCUT2D eigenvalue weighted by Gasteiger charge is -2.32. The molecule has 1 aliphatic rings. The summed E-state index contributed by atoms with van der Waals surface area (Å²) < 4.78 is 1.61. The predicted octanol–water partition coefficient (Wildman–Crippen LogP) is 2.16. The summed E-state index contributed by atoms with van der Waals surface area (Å²) in [6.45, 7) is 1.92. The molecule has 1 saturated heterocycles. The summed E-state index contributed by atoms with van der Waals surface area (Å²) in [6.07, 6.45) is 8.14. The van der Waals surface area contributed by atoms with Crippen LogP contribution in [-0.2, 0) is 7.05 Å². The van der Waals surface area contributed by atoms with Gasteiger partial charge >= 0.3 is 0 Å². The van der Waals surface area contributed by atoms with Crippen LogP contribution >= 0.6 is 0 Å². The molecule has 0 aliphatic carbocycles. The van der Waals surface area contributed by atoms with E-state index in [1.165, 1.54) is 0 Å². The Kier molecular flexibility index (Phi) is 5.83. The van der Waals surface area contributed by atoms with Crippen LogP contribution in [-0.4, -0.2) is 56.1 Å². The van der Waals surface area contributed by atoms with Crippen molar-refractivity contribution in [2.75, 3.05) is 19.6 Å². The van der Waals surface area contributed by atoms with E-state index in [1.54, 1.807) is 36.5 Å². The van der Waals surface area contributed by atoms with Crippen molar-refractivity contribution >= 4 is 11.8 Å². The van der Waals surface area contributed by atoms with E-state index in [4.69, 9.17) is 0 Å². The summed E-state index contributed by atoms with van der Waals surface area (Å²) in [5.41, 5.74) is 1.98. The maximum absolute atomic E-state index is 12.8. The van der Waals surface area contributed by atoms with Crippen LogP contribution in [0.4, 0.5) is 0 Å². The highest BCUT2D eigenvalue weighted by Crippen LogP contribution is 2.19. The van der Waals surface area contributed by atoms with Crippen LogP contribution in [0.25, 0.3) is 11.4 Å². The Labute approximate surface area is 175 Å². The van der Waals surface area contributed by atoms with Crippen LogP contribution in [0.15, 0.2) is 55.1 Å². The molecule has 0 unspecified atom stereocenters. The minimum absolute atomic E-state index is 0.0487. The van der Waals surface area contributed by atoms with Crippen LogP contribution in [0.5, 0.6) is 0 Å². The second kappa shape index (κ2) is 8.86. The number of aryl methyl sites for hydroxylation is 1. The molecule has 1 aliphatic heterocycles. The SMILES string of the molecule is Cn1cc(C(=O)NCC2CCN(C(=O)c3cnc(-c4ccccc4)nc3)CC2)cn1. The van der Waals surface area contributed by atoms with E-state index >= 15 is 0 Å². The molecule has 8 heteroatoms. The highest BCUT2D eigenvalue weighted by atomic mass is 16.2. The predicted molar refractivity (Wildman–Crippen MR) is 112 cm³/mol. The van der Waals surface area contributed by atoms with Crippen molar-refractivity contribution in [2.24, 2.45) is 13.0 Å². The Morgan fingerprint density at radius 1 is 1.03 bits per heavy atom. The van der Waals surface area contributed by atoms with E-state index in [-0.39, 0.29) is 11.8 Å². The van der Waals surface area contributed by atoms with E-state index in [0.717, 1.165) is 18.4 Å². The van der Waals surface area contributed by atoms with Gasteiger partial charge in [0.25, 0.3) is 11.8 Å². The number of carbonyl (C=O) groups excluding carboxylic acids is 2. The van der Waals surface area contributed by atoms with Crippen LogP contribution < -0.4 is 5.32 Å². The number of carbonyl (C=O) groups is 2. The highest BCUT2D eigenvalue weighted by molar-refractivity contribution is 5.94. The number of aromatic nitrogens is 4. The molecule has 30 heavy (non-hydrogen) atoms. The molecule has 0 atom stereocenters. The quantitative estimate of drug-likeness (QED) is 0.703. The lowest BCUT2D eigenvalue weighted by molar-refractivity contribution is 0.0683. The Bertz CT molecular complexity index is 1010. The van der Waals surface area contributed by atoms with Crippen LogP contribution in [0.3, 0.4) is 0 Å². The van der Waals surface area contributed by atoms with Gasteiger partial charge in [-0.3, -0.25) is 14.3 Å². The second-order valence-electron chi connectivity index (χ2n) is 7.51. The van der Waals surface area contributed by atoms with Crippen molar-refractivity contribution < 1.29 is 9.59 Å². The van der Waals surface area contributed by atoms with E-state index in [9.17, 15) is 9.59 Å². The number of benzene rings is 1. The zero-order valence-corrected chi connectivity index (χ0v) is 16.9. The first-order valence-electron chi connectivity index (χ1n) is 10.0. The molecular weight excluding hydrogens is 380 g/mol. The molecule has 4 rings (SSSR count). The van der Waals surface area contributed by atoms with Gasteiger partial charge in [-0.15, -0.1) is 0 Å². The zero-order valence-electron chi connectivity index (χ0n) is 16.9. The van der Waals surface area contributed by atoms with Crippen LogP contribution in [0, 0.1) is 5.92 Å². The standard InChI is InChI=1S/C22H24N6O2/c1-27-15-19(14-26-27)21(29)25-11-16-7-9-28(10-8-16)22(30)18-12-23-20(24-13-18)17-5-3-2-4-6-17/h2-6,12-16H,7-11H2,1H3,(H,25,29). The summed E-state index contributed by atoms with van der Waals surface area (Å²) in [4.78, 5) is 35.4. The van der Waals surface area contributed by atoms with Crippen molar-refractivity contribution in [3.05, 3.63) is 66.2 Å². The van der Waals surface area contributed by atoms with Crippen molar-refractivity contribution in [2.45, 2.75) is 12.8 Å². The first kappa shape index (κ1) is 19.8.